The highest BCUT2D eigenvalue weighted by molar-refractivity contribution is 6.34. The summed E-state index contributed by atoms with van der Waals surface area (Å²) in [7, 11) is 0. The minimum atomic E-state index is -0.913. The highest BCUT2D eigenvalue weighted by Crippen LogP contribution is 2.37. The Hall–Kier alpha value is -3.18. The quantitative estimate of drug-likeness (QED) is 0.359. The van der Waals surface area contributed by atoms with Gasteiger partial charge in [0, 0.05) is 19.0 Å². The minimum Gasteiger partial charge on any atom is -0.433 e. The van der Waals surface area contributed by atoms with Crippen molar-refractivity contribution in [2.75, 3.05) is 11.9 Å². The third kappa shape index (κ3) is 8.06. The third-order valence-electron chi connectivity index (χ3n) is 8.66. The van der Waals surface area contributed by atoms with E-state index < -0.39 is 42.2 Å². The number of carbonyl (C=O) groups is 5. The van der Waals surface area contributed by atoms with E-state index >= 15 is 0 Å². The van der Waals surface area contributed by atoms with Crippen LogP contribution in [0.25, 0.3) is 0 Å². The number of anilines is 1. The largest absolute Gasteiger partial charge is 0.433 e. The number of hydrogen-bond acceptors (Lipinski definition) is 7. The van der Waals surface area contributed by atoms with Crippen LogP contribution >= 0.6 is 11.6 Å². The van der Waals surface area contributed by atoms with Crippen LogP contribution in [-0.4, -0.2) is 71.6 Å². The van der Waals surface area contributed by atoms with Gasteiger partial charge in [0.05, 0.1) is 23.2 Å². The summed E-state index contributed by atoms with van der Waals surface area (Å²) < 4.78 is 11.9. The Labute approximate surface area is 257 Å². The van der Waals surface area contributed by atoms with Gasteiger partial charge in [-0.1, -0.05) is 38.8 Å². The van der Waals surface area contributed by atoms with Gasteiger partial charge in [-0.25, -0.2) is 0 Å². The van der Waals surface area contributed by atoms with Crippen molar-refractivity contribution in [2.45, 2.75) is 104 Å². The molecule has 1 aliphatic carbocycles. The summed E-state index contributed by atoms with van der Waals surface area (Å²) in [6, 6.07) is 2.11. The van der Waals surface area contributed by atoms with Gasteiger partial charge in [0.1, 0.15) is 18.1 Å². The molecule has 0 radical (unpaired) electrons. The molecule has 3 fully saturated rings. The summed E-state index contributed by atoms with van der Waals surface area (Å²) in [6.45, 7) is 9.81. The Morgan fingerprint density at radius 1 is 1.12 bits per heavy atom. The summed E-state index contributed by atoms with van der Waals surface area (Å²) in [5.74, 6) is -0.742. The molecule has 43 heavy (non-hydrogen) atoms. The lowest BCUT2D eigenvalue weighted by atomic mass is 9.75. The molecule has 7 atom stereocenters. The maximum atomic E-state index is 13.4. The fraction of sp³-hybridized carbons (Fsp3) is 0.645. The van der Waals surface area contributed by atoms with Crippen LogP contribution in [0.3, 0.4) is 0 Å². The summed E-state index contributed by atoms with van der Waals surface area (Å²) >= 11 is 6.19. The average Bonchev–Trinajstić information content (AvgIpc) is 3.55. The maximum absolute atomic E-state index is 13.4. The predicted octanol–water partition coefficient (Wildman–Crippen LogP) is 3.64. The van der Waals surface area contributed by atoms with E-state index in [1.54, 1.807) is 6.92 Å². The van der Waals surface area contributed by atoms with Crippen LogP contribution in [0.2, 0.25) is 5.02 Å². The molecular weight excluding hydrogens is 576 g/mol. The Bertz CT molecular complexity index is 1240. The van der Waals surface area contributed by atoms with Gasteiger partial charge >= 0.3 is 5.97 Å². The monoisotopic (exact) mass is 618 g/mol. The first-order valence-electron chi connectivity index (χ1n) is 15.2. The third-order valence-corrected chi connectivity index (χ3v) is 8.97. The second-order valence-electron chi connectivity index (χ2n) is 12.4. The van der Waals surface area contributed by atoms with Crippen LogP contribution < -0.4 is 16.0 Å². The van der Waals surface area contributed by atoms with Crippen molar-refractivity contribution in [1.29, 1.82) is 0 Å². The molecule has 3 N–H and O–H groups in total. The lowest BCUT2D eigenvalue weighted by Gasteiger charge is -2.39. The normalized spacial score (nSPS) is 27.9. The van der Waals surface area contributed by atoms with Crippen LogP contribution in [0, 0.1) is 17.8 Å². The van der Waals surface area contributed by atoms with Crippen molar-refractivity contribution in [1.82, 2.24) is 15.5 Å². The molecule has 4 amide bonds. The molecule has 0 spiro atoms. The van der Waals surface area contributed by atoms with E-state index in [1.807, 2.05) is 0 Å². The Morgan fingerprint density at radius 3 is 2.53 bits per heavy atom. The van der Waals surface area contributed by atoms with E-state index in [4.69, 9.17) is 21.1 Å². The van der Waals surface area contributed by atoms with E-state index in [0.717, 1.165) is 19.3 Å². The first kappa shape index (κ1) is 32.7. The first-order valence-corrected chi connectivity index (χ1v) is 15.6. The molecule has 11 nitrogen and oxygen atoms in total. The Kier molecular flexibility index (Phi) is 10.7. The number of nitrogens with zero attached hydrogens (tertiary/aromatic N) is 1. The molecule has 0 unspecified atom stereocenters. The van der Waals surface area contributed by atoms with Gasteiger partial charge < -0.3 is 30.3 Å². The molecule has 1 aromatic carbocycles. The number of likely N-dealkylation sites (tertiary alicyclic amines) is 1. The minimum absolute atomic E-state index is 0.00143. The molecule has 2 heterocycles. The van der Waals surface area contributed by atoms with Gasteiger partial charge in [-0.05, 0) is 68.6 Å². The highest BCUT2D eigenvalue weighted by Gasteiger charge is 2.44. The molecule has 1 aromatic rings. The number of ether oxygens (including phenoxy) is 2. The molecular formula is C31H43ClN4O7. The number of benzene rings is 1. The van der Waals surface area contributed by atoms with E-state index in [1.165, 1.54) is 30.0 Å². The first-order chi connectivity index (χ1) is 20.3. The fourth-order valence-corrected chi connectivity index (χ4v) is 6.57. The number of cyclic esters (lactones) is 1. The second kappa shape index (κ2) is 14.1. The molecule has 2 aliphatic heterocycles. The molecule has 1 saturated carbocycles. The van der Waals surface area contributed by atoms with Gasteiger partial charge in [-0.15, -0.1) is 0 Å². The van der Waals surface area contributed by atoms with Crippen molar-refractivity contribution in [3.8, 4) is 0 Å². The zero-order chi connectivity index (χ0) is 31.4. The number of amides is 4. The van der Waals surface area contributed by atoms with Gasteiger partial charge in [-0.3, -0.25) is 24.0 Å². The van der Waals surface area contributed by atoms with Gasteiger partial charge in [0.2, 0.25) is 24.0 Å². The maximum Gasteiger partial charge on any atom is 0.310 e. The Balaban J connectivity index is 1.36. The number of halogens is 1. The van der Waals surface area contributed by atoms with Crippen LogP contribution in [0.4, 0.5) is 5.69 Å². The zero-order valence-corrected chi connectivity index (χ0v) is 26.2. The van der Waals surface area contributed by atoms with Crippen molar-refractivity contribution in [3.05, 3.63) is 28.8 Å². The molecule has 236 valence electrons. The van der Waals surface area contributed by atoms with E-state index in [2.05, 4.69) is 36.7 Å². The lowest BCUT2D eigenvalue weighted by Crippen LogP contribution is -2.55. The smallest absolute Gasteiger partial charge is 0.310 e. The van der Waals surface area contributed by atoms with Crippen LogP contribution in [0.1, 0.15) is 83.5 Å². The van der Waals surface area contributed by atoms with Crippen molar-refractivity contribution < 1.29 is 33.4 Å². The van der Waals surface area contributed by atoms with Crippen molar-refractivity contribution in [2.24, 2.45) is 17.8 Å². The Morgan fingerprint density at radius 2 is 1.86 bits per heavy atom. The van der Waals surface area contributed by atoms with E-state index in [0.29, 0.717) is 42.8 Å². The van der Waals surface area contributed by atoms with Crippen LogP contribution in [-0.2, 0) is 28.7 Å². The number of esters is 1. The fourth-order valence-electron chi connectivity index (χ4n) is 6.34. The van der Waals surface area contributed by atoms with Gasteiger partial charge in [0.25, 0.3) is 5.91 Å². The lowest BCUT2D eigenvalue weighted by molar-refractivity contribution is -0.191. The number of rotatable bonds is 9. The summed E-state index contributed by atoms with van der Waals surface area (Å²) in [5, 5.41) is 8.36. The number of nitrogens with one attached hydrogen (secondary N) is 3. The summed E-state index contributed by atoms with van der Waals surface area (Å²) in [5.41, 5.74) is 0.592. The number of carbonyl (C=O) groups excluding carboxylic acids is 5. The van der Waals surface area contributed by atoms with Crippen molar-refractivity contribution >= 4 is 46.9 Å². The molecule has 0 bridgehead atoms. The standard InChI is InChI=1S/C31H43ClN4O7/c1-16(2)21-10-8-17(3)13-26(21)42-31-24(15-27(38)43-31)35-29(40)25-7-6-12-36(25)30(41)18(4)33-28(39)20-9-11-23(22(32)14-20)34-19(5)37/h9,11,14,16-18,21,24-26,31H,6-8,10,12-13,15H2,1-5H3,(H,33,39)(H,34,37)(H,35,40)/t17-,18-,21+,24-,25-,26-,31+/m0/s1. The van der Waals surface area contributed by atoms with E-state index in [-0.39, 0.29) is 34.9 Å². The van der Waals surface area contributed by atoms with E-state index in [9.17, 15) is 24.0 Å². The summed E-state index contributed by atoms with van der Waals surface area (Å²) in [6.07, 6.45) is 3.20. The molecule has 2 saturated heterocycles. The highest BCUT2D eigenvalue weighted by atomic mass is 35.5. The molecule has 0 aromatic heterocycles. The molecule has 12 heteroatoms. The number of hydrogen-bond donors (Lipinski definition) is 3. The van der Waals surface area contributed by atoms with Crippen LogP contribution in [0.15, 0.2) is 18.2 Å². The SMILES string of the molecule is CC(=O)Nc1ccc(C(=O)N[C@@H](C)C(=O)N2CCC[C@H]2C(=O)N[C@H]2CC(=O)O[C@H]2O[C@H]2C[C@@H](C)CC[C@@H]2C(C)C)cc1Cl. The average molecular weight is 619 g/mol. The predicted molar refractivity (Wildman–Crippen MR) is 160 cm³/mol. The zero-order valence-electron chi connectivity index (χ0n) is 25.5. The van der Waals surface area contributed by atoms with Gasteiger partial charge in [-0.2, -0.15) is 0 Å². The van der Waals surface area contributed by atoms with Crippen LogP contribution in [0.5, 0.6) is 0 Å². The second-order valence-corrected chi connectivity index (χ2v) is 12.8. The summed E-state index contributed by atoms with van der Waals surface area (Å²) in [4.78, 5) is 64.7. The molecule has 4 rings (SSSR count). The van der Waals surface area contributed by atoms with Crippen molar-refractivity contribution in [3.63, 3.8) is 0 Å². The molecule has 3 aliphatic rings. The topological polar surface area (TPSA) is 143 Å². The van der Waals surface area contributed by atoms with Gasteiger partial charge in [0.15, 0.2) is 0 Å².